The number of aromatic nitrogens is 1. The lowest BCUT2D eigenvalue weighted by Gasteiger charge is -2.13. The summed E-state index contributed by atoms with van der Waals surface area (Å²) in [6.07, 6.45) is -0.285. The average molecular weight is 464 g/mol. The molecular formula is C25H21NO6S. The third-order valence-electron chi connectivity index (χ3n) is 5.67. The van der Waals surface area contributed by atoms with Crippen molar-refractivity contribution in [1.82, 2.24) is 4.57 Å². The molecule has 0 fully saturated rings. The number of carbonyl (C=O) groups is 2. The van der Waals surface area contributed by atoms with Crippen molar-refractivity contribution in [3.8, 4) is 5.75 Å². The van der Waals surface area contributed by atoms with Gasteiger partial charge in [0.1, 0.15) is 17.1 Å². The zero-order chi connectivity index (χ0) is 23.9. The summed E-state index contributed by atoms with van der Waals surface area (Å²) < 4.78 is 28.2. The SMILES string of the molecule is CC(=O)CCC(=O)c1c(O)c2cc(S(=O)(=O)c3cccc4ccccc34)ccc2n(C)c1=O. The van der Waals surface area contributed by atoms with Gasteiger partial charge < -0.3 is 14.5 Å². The number of Topliss-reactive ketones (excluding diaryl/α,β-unsaturated/α-hetero) is 2. The molecule has 0 aliphatic rings. The average Bonchev–Trinajstić information content (AvgIpc) is 2.80. The molecule has 0 atom stereocenters. The first-order chi connectivity index (χ1) is 15.6. The second-order valence-electron chi connectivity index (χ2n) is 7.87. The summed E-state index contributed by atoms with van der Waals surface area (Å²) >= 11 is 0. The van der Waals surface area contributed by atoms with Gasteiger partial charge in [0.15, 0.2) is 5.78 Å². The number of ketones is 2. The Hall–Kier alpha value is -3.78. The predicted octanol–water partition coefficient (Wildman–Crippen LogP) is 3.78. The molecule has 168 valence electrons. The fourth-order valence-electron chi connectivity index (χ4n) is 3.90. The van der Waals surface area contributed by atoms with Crippen LogP contribution in [0.15, 0.2) is 75.2 Å². The molecule has 1 aromatic heterocycles. The number of sulfone groups is 1. The Morgan fingerprint density at radius 1 is 0.939 bits per heavy atom. The van der Waals surface area contributed by atoms with Crippen molar-refractivity contribution in [1.29, 1.82) is 0 Å². The molecule has 8 heteroatoms. The van der Waals surface area contributed by atoms with Gasteiger partial charge in [0.05, 0.1) is 15.3 Å². The van der Waals surface area contributed by atoms with Gasteiger partial charge in [-0.2, -0.15) is 0 Å². The first-order valence-corrected chi connectivity index (χ1v) is 11.7. The van der Waals surface area contributed by atoms with Gasteiger partial charge in [0, 0.05) is 30.7 Å². The number of aromatic hydroxyl groups is 1. The molecule has 0 spiro atoms. The van der Waals surface area contributed by atoms with E-state index in [2.05, 4.69) is 0 Å². The van der Waals surface area contributed by atoms with Gasteiger partial charge in [-0.25, -0.2) is 8.42 Å². The number of carbonyl (C=O) groups excluding carboxylic acids is 2. The van der Waals surface area contributed by atoms with Crippen LogP contribution >= 0.6 is 0 Å². The van der Waals surface area contributed by atoms with E-state index in [1.165, 1.54) is 42.8 Å². The van der Waals surface area contributed by atoms with Gasteiger partial charge in [0.25, 0.3) is 5.56 Å². The van der Waals surface area contributed by atoms with Gasteiger partial charge in [-0.3, -0.25) is 9.59 Å². The third kappa shape index (κ3) is 3.82. The Labute approximate surface area is 189 Å². The van der Waals surface area contributed by atoms with Crippen molar-refractivity contribution in [3.05, 3.63) is 76.6 Å². The molecule has 1 N–H and O–H groups in total. The summed E-state index contributed by atoms with van der Waals surface area (Å²) in [7, 11) is -2.54. The Kier molecular flexibility index (Phi) is 5.63. The maximum absolute atomic E-state index is 13.5. The van der Waals surface area contributed by atoms with Crippen LogP contribution in [0.3, 0.4) is 0 Å². The summed E-state index contributed by atoms with van der Waals surface area (Å²) in [6.45, 7) is 1.33. The third-order valence-corrected chi connectivity index (χ3v) is 7.48. The molecule has 0 aliphatic carbocycles. The molecule has 0 radical (unpaired) electrons. The highest BCUT2D eigenvalue weighted by molar-refractivity contribution is 7.91. The minimum Gasteiger partial charge on any atom is -0.506 e. The fourth-order valence-corrected chi connectivity index (χ4v) is 5.41. The highest BCUT2D eigenvalue weighted by Gasteiger charge is 2.25. The molecule has 0 unspecified atom stereocenters. The normalized spacial score (nSPS) is 11.7. The van der Waals surface area contributed by atoms with Gasteiger partial charge >= 0.3 is 0 Å². The highest BCUT2D eigenvalue weighted by atomic mass is 32.2. The lowest BCUT2D eigenvalue weighted by atomic mass is 10.0. The zero-order valence-corrected chi connectivity index (χ0v) is 18.8. The molecule has 33 heavy (non-hydrogen) atoms. The van der Waals surface area contributed by atoms with Crippen molar-refractivity contribution in [2.45, 2.75) is 29.6 Å². The quantitative estimate of drug-likeness (QED) is 0.436. The molecule has 0 amide bonds. The van der Waals surface area contributed by atoms with Crippen LogP contribution in [-0.4, -0.2) is 29.7 Å². The van der Waals surface area contributed by atoms with Crippen molar-refractivity contribution in [3.63, 3.8) is 0 Å². The van der Waals surface area contributed by atoms with Crippen LogP contribution in [0, 0.1) is 0 Å². The summed E-state index contributed by atoms with van der Waals surface area (Å²) in [5.41, 5.74) is -0.887. The smallest absolute Gasteiger partial charge is 0.265 e. The van der Waals surface area contributed by atoms with E-state index in [0.717, 1.165) is 5.39 Å². The monoisotopic (exact) mass is 463 g/mol. The predicted molar refractivity (Wildman–Crippen MR) is 124 cm³/mol. The molecule has 0 aliphatic heterocycles. The molecule has 3 aromatic carbocycles. The maximum Gasteiger partial charge on any atom is 0.265 e. The lowest BCUT2D eigenvalue weighted by Crippen LogP contribution is -2.25. The van der Waals surface area contributed by atoms with Crippen LogP contribution in [0.2, 0.25) is 0 Å². The van der Waals surface area contributed by atoms with E-state index in [9.17, 15) is 27.9 Å². The number of hydrogen-bond donors (Lipinski definition) is 1. The van der Waals surface area contributed by atoms with Gasteiger partial charge in [-0.15, -0.1) is 0 Å². The number of aryl methyl sites for hydroxylation is 1. The Bertz CT molecular complexity index is 1610. The maximum atomic E-state index is 13.5. The van der Waals surface area contributed by atoms with Crippen molar-refractivity contribution >= 4 is 43.1 Å². The second kappa shape index (κ2) is 8.29. The lowest BCUT2D eigenvalue weighted by molar-refractivity contribution is -0.117. The highest BCUT2D eigenvalue weighted by Crippen LogP contribution is 2.33. The van der Waals surface area contributed by atoms with Gasteiger partial charge in [-0.05, 0) is 36.6 Å². The summed E-state index contributed by atoms with van der Waals surface area (Å²) in [5, 5.41) is 12.2. The zero-order valence-electron chi connectivity index (χ0n) is 18.0. The van der Waals surface area contributed by atoms with E-state index in [-0.39, 0.29) is 39.3 Å². The van der Waals surface area contributed by atoms with E-state index < -0.39 is 32.5 Å². The first-order valence-electron chi connectivity index (χ1n) is 10.2. The number of hydrogen-bond acceptors (Lipinski definition) is 6. The second-order valence-corrected chi connectivity index (χ2v) is 9.79. The van der Waals surface area contributed by atoms with Crippen LogP contribution in [0.4, 0.5) is 0 Å². The van der Waals surface area contributed by atoms with Crippen molar-refractivity contribution < 1.29 is 23.1 Å². The molecule has 0 saturated heterocycles. The van der Waals surface area contributed by atoms with Crippen LogP contribution in [0.1, 0.15) is 30.1 Å². The minimum absolute atomic E-state index is 0.0598. The Morgan fingerprint density at radius 3 is 2.36 bits per heavy atom. The molecule has 4 aromatic rings. The van der Waals surface area contributed by atoms with Crippen molar-refractivity contribution in [2.24, 2.45) is 7.05 Å². The van der Waals surface area contributed by atoms with E-state index in [1.807, 2.05) is 18.2 Å². The van der Waals surface area contributed by atoms with Gasteiger partial charge in [-0.1, -0.05) is 36.4 Å². The first kappa shape index (κ1) is 22.4. The largest absolute Gasteiger partial charge is 0.506 e. The molecule has 4 rings (SSSR count). The molecule has 7 nitrogen and oxygen atoms in total. The summed E-state index contributed by atoms with van der Waals surface area (Å²) in [4.78, 5) is 36.6. The fraction of sp³-hybridized carbons (Fsp3) is 0.160. The molecule has 0 saturated carbocycles. The Balaban J connectivity index is 1.93. The summed E-state index contributed by atoms with van der Waals surface area (Å²) in [6, 6.07) is 16.2. The van der Waals surface area contributed by atoms with Crippen LogP contribution in [0.5, 0.6) is 5.75 Å². The number of pyridine rings is 1. The van der Waals surface area contributed by atoms with E-state index in [0.29, 0.717) is 5.39 Å². The van der Waals surface area contributed by atoms with E-state index >= 15 is 0 Å². The number of nitrogens with zero attached hydrogens (tertiary/aromatic N) is 1. The summed E-state index contributed by atoms with van der Waals surface area (Å²) in [5.74, 6) is -1.48. The van der Waals surface area contributed by atoms with Gasteiger partial charge in [0.2, 0.25) is 9.84 Å². The van der Waals surface area contributed by atoms with Crippen LogP contribution in [0.25, 0.3) is 21.7 Å². The van der Waals surface area contributed by atoms with E-state index in [4.69, 9.17) is 0 Å². The topological polar surface area (TPSA) is 111 Å². The Morgan fingerprint density at radius 2 is 1.64 bits per heavy atom. The van der Waals surface area contributed by atoms with Crippen molar-refractivity contribution in [2.75, 3.05) is 0 Å². The standard InChI is InChI=1S/C25H21NO6S/c1-15(27)10-13-21(28)23-24(29)19-14-17(11-12-20(19)26(2)25(23)30)33(31,32)22-9-5-7-16-6-3-4-8-18(16)22/h3-9,11-12,14,29H,10,13H2,1-2H3. The van der Waals surface area contributed by atoms with Crippen LogP contribution in [-0.2, 0) is 21.7 Å². The van der Waals surface area contributed by atoms with E-state index in [1.54, 1.807) is 18.2 Å². The number of rotatable bonds is 6. The molecule has 0 bridgehead atoms. The molecular weight excluding hydrogens is 442 g/mol. The number of benzene rings is 3. The number of fused-ring (bicyclic) bond motifs is 2. The van der Waals surface area contributed by atoms with Crippen LogP contribution < -0.4 is 5.56 Å². The molecule has 1 heterocycles. The minimum atomic E-state index is -3.98.